The number of hydrogen-bond acceptors (Lipinski definition) is 1. The molecule has 0 radical (unpaired) electrons. The highest BCUT2D eigenvalue weighted by atomic mass is 28.3. The fourth-order valence-corrected chi connectivity index (χ4v) is 0. The second-order valence-electron chi connectivity index (χ2n) is 2.39. The molecule has 2 heteroatoms. The molecule has 0 unspecified atom stereocenters. The monoisotopic (exact) mass is 115 g/mol. The first-order valence-electron chi connectivity index (χ1n) is 2.04. The van der Waals surface area contributed by atoms with Gasteiger partial charge < -0.3 is 6.15 Å². The van der Waals surface area contributed by atoms with Crippen molar-refractivity contribution in [3.8, 4) is 12.0 Å². The molecule has 3 N–H and O–H groups in total. The third-order valence-corrected chi connectivity index (χ3v) is 1.30. The maximum atomic E-state index is 5.12. The second-order valence-corrected chi connectivity index (χ2v) is 7.18. The van der Waals surface area contributed by atoms with Gasteiger partial charge in [-0.3, -0.25) is 0 Å². The molecule has 0 spiro atoms. The molecule has 0 aliphatic rings. The molecular weight excluding hydrogens is 102 g/mol. The predicted octanol–water partition coefficient (Wildman–Crippen LogP) is 1.66. The smallest absolute Gasteiger partial charge is 0.128 e. The molecule has 0 aliphatic heterocycles. The molecule has 0 fully saturated rings. The van der Waals surface area contributed by atoms with Crippen molar-refractivity contribution in [1.29, 1.82) is 0 Å². The minimum absolute atomic E-state index is 0. The van der Waals surface area contributed by atoms with E-state index in [-0.39, 0.29) is 6.15 Å². The van der Waals surface area contributed by atoms with Crippen molar-refractivity contribution in [2.24, 2.45) is 0 Å². The van der Waals surface area contributed by atoms with Crippen LogP contribution in [0.4, 0.5) is 0 Å². The molecule has 0 bridgehead atoms. The van der Waals surface area contributed by atoms with Gasteiger partial charge in [0.25, 0.3) is 0 Å². The largest absolute Gasteiger partial charge is 0.344 e. The lowest BCUT2D eigenvalue weighted by atomic mass is 11.4. The highest BCUT2D eigenvalue weighted by molar-refractivity contribution is 6.83. The molecule has 42 valence electrons. The quantitative estimate of drug-likeness (QED) is 0.378. The molecule has 0 aromatic rings. The molecular formula is C5H13NSi. The summed E-state index contributed by atoms with van der Waals surface area (Å²) in [6, 6.07) is 0. The van der Waals surface area contributed by atoms with Gasteiger partial charge in [0.2, 0.25) is 0 Å². The molecule has 0 heterocycles. The summed E-state index contributed by atoms with van der Waals surface area (Å²) in [7, 11) is -1.10. The van der Waals surface area contributed by atoms with Crippen molar-refractivity contribution in [2.45, 2.75) is 19.6 Å². The summed E-state index contributed by atoms with van der Waals surface area (Å²) >= 11 is 0. The Balaban J connectivity index is 0. The summed E-state index contributed by atoms with van der Waals surface area (Å²) < 4.78 is 0. The lowest BCUT2D eigenvalue weighted by molar-refractivity contribution is 1.82. The maximum absolute atomic E-state index is 5.12. The van der Waals surface area contributed by atoms with Gasteiger partial charge >= 0.3 is 0 Å². The van der Waals surface area contributed by atoms with Gasteiger partial charge in [-0.15, -0.1) is 12.0 Å². The van der Waals surface area contributed by atoms with Gasteiger partial charge in [-0.2, -0.15) is 0 Å². The van der Waals surface area contributed by atoms with E-state index in [0.717, 1.165) is 0 Å². The van der Waals surface area contributed by atoms with Crippen molar-refractivity contribution in [1.82, 2.24) is 6.15 Å². The highest BCUT2D eigenvalue weighted by Gasteiger charge is 2.05. The van der Waals surface area contributed by atoms with E-state index in [9.17, 15) is 0 Å². The summed E-state index contributed by atoms with van der Waals surface area (Å²) in [5.74, 6) is 0. The summed E-state index contributed by atoms with van der Waals surface area (Å²) in [6.07, 6.45) is 5.12. The zero-order chi connectivity index (χ0) is 5.21. The van der Waals surface area contributed by atoms with Gasteiger partial charge in [0.05, 0.1) is 0 Å². The topological polar surface area (TPSA) is 35.0 Å². The summed E-state index contributed by atoms with van der Waals surface area (Å²) in [5, 5.41) is 0. The molecule has 0 rings (SSSR count). The van der Waals surface area contributed by atoms with E-state index in [4.69, 9.17) is 6.42 Å². The van der Waals surface area contributed by atoms with Crippen LogP contribution in [0.25, 0.3) is 0 Å². The van der Waals surface area contributed by atoms with Crippen LogP contribution in [0.3, 0.4) is 0 Å². The van der Waals surface area contributed by atoms with Gasteiger partial charge in [0.1, 0.15) is 8.07 Å². The zero-order valence-electron chi connectivity index (χ0n) is 5.28. The third kappa shape index (κ3) is 10.7. The van der Waals surface area contributed by atoms with Crippen LogP contribution >= 0.6 is 0 Å². The Morgan fingerprint density at radius 2 is 1.43 bits per heavy atom. The summed E-state index contributed by atoms with van der Waals surface area (Å²) in [5.41, 5.74) is 2.74. The maximum Gasteiger partial charge on any atom is 0.128 e. The van der Waals surface area contributed by atoms with E-state index >= 15 is 0 Å². The minimum Gasteiger partial charge on any atom is -0.344 e. The van der Waals surface area contributed by atoms with Crippen LogP contribution in [0.15, 0.2) is 0 Å². The molecule has 0 atom stereocenters. The van der Waals surface area contributed by atoms with E-state index in [1.54, 1.807) is 0 Å². The normalized spacial score (nSPS) is 8.86. The lowest BCUT2D eigenvalue weighted by Gasteiger charge is -2.00. The number of hydrogen-bond donors (Lipinski definition) is 1. The van der Waals surface area contributed by atoms with Crippen molar-refractivity contribution in [3.05, 3.63) is 0 Å². The predicted molar refractivity (Wildman–Crippen MR) is 37.2 cm³/mol. The van der Waals surface area contributed by atoms with Gasteiger partial charge in [0.15, 0.2) is 0 Å². The first-order valence-corrected chi connectivity index (χ1v) is 5.54. The Labute approximate surface area is 46.7 Å². The first-order chi connectivity index (χ1) is 2.56. The van der Waals surface area contributed by atoms with Crippen LogP contribution in [0, 0.1) is 12.0 Å². The lowest BCUT2D eigenvalue weighted by Crippen LogP contribution is -2.15. The summed E-state index contributed by atoms with van der Waals surface area (Å²) in [4.78, 5) is 0. The Kier molecular flexibility index (Phi) is 4.00. The van der Waals surface area contributed by atoms with Crippen LogP contribution in [0.1, 0.15) is 0 Å². The average molecular weight is 115 g/mol. The second kappa shape index (κ2) is 2.84. The fourth-order valence-electron chi connectivity index (χ4n) is 0. The van der Waals surface area contributed by atoms with Crippen molar-refractivity contribution < 1.29 is 0 Å². The van der Waals surface area contributed by atoms with Crippen LogP contribution < -0.4 is 6.15 Å². The van der Waals surface area contributed by atoms with Gasteiger partial charge in [-0.05, 0) is 0 Å². The van der Waals surface area contributed by atoms with Gasteiger partial charge in [0, 0.05) is 0 Å². The van der Waals surface area contributed by atoms with E-state index in [1.165, 1.54) is 0 Å². The van der Waals surface area contributed by atoms with Crippen molar-refractivity contribution >= 4 is 8.07 Å². The zero-order valence-corrected chi connectivity index (χ0v) is 6.28. The van der Waals surface area contributed by atoms with Crippen molar-refractivity contribution in [2.75, 3.05) is 0 Å². The Morgan fingerprint density at radius 3 is 1.43 bits per heavy atom. The van der Waals surface area contributed by atoms with Crippen LogP contribution in [-0.2, 0) is 0 Å². The van der Waals surface area contributed by atoms with Gasteiger partial charge in [-0.1, -0.05) is 19.6 Å². The third-order valence-electron chi connectivity index (χ3n) is 0.433. The minimum atomic E-state index is -1.10. The average Bonchev–Trinajstić information content (AvgIpc) is 1.35. The SMILES string of the molecule is C#C[Si](C)(C)C.N. The van der Waals surface area contributed by atoms with E-state index < -0.39 is 8.07 Å². The molecule has 0 aliphatic carbocycles. The fraction of sp³-hybridized carbons (Fsp3) is 0.600. The van der Waals surface area contributed by atoms with Gasteiger partial charge in [-0.25, -0.2) is 0 Å². The molecule has 0 amide bonds. The Bertz CT molecular complexity index is 75.1. The Morgan fingerprint density at radius 1 is 1.29 bits per heavy atom. The molecule has 0 saturated carbocycles. The van der Waals surface area contributed by atoms with E-state index in [0.29, 0.717) is 0 Å². The molecule has 0 aromatic carbocycles. The van der Waals surface area contributed by atoms with E-state index in [1.807, 2.05) is 0 Å². The highest BCUT2D eigenvalue weighted by Crippen LogP contribution is 1.94. The van der Waals surface area contributed by atoms with E-state index in [2.05, 4.69) is 25.2 Å². The van der Waals surface area contributed by atoms with Crippen LogP contribution in [0.5, 0.6) is 0 Å². The number of terminal acetylenes is 1. The molecule has 1 nitrogen and oxygen atoms in total. The molecule has 0 saturated heterocycles. The van der Waals surface area contributed by atoms with Crippen LogP contribution in [0.2, 0.25) is 19.6 Å². The Hall–Kier alpha value is -0.263. The number of rotatable bonds is 0. The van der Waals surface area contributed by atoms with Crippen LogP contribution in [-0.4, -0.2) is 8.07 Å². The standard InChI is InChI=1S/C5H10Si.H3N/c1-5-6(2,3)4;/h1H,2-4H3;1H3. The molecule has 0 aromatic heterocycles. The first kappa shape index (κ1) is 9.88. The molecule has 7 heavy (non-hydrogen) atoms. The summed E-state index contributed by atoms with van der Waals surface area (Å²) in [6.45, 7) is 6.44. The van der Waals surface area contributed by atoms with Crippen molar-refractivity contribution in [3.63, 3.8) is 0 Å².